The van der Waals surface area contributed by atoms with Crippen molar-refractivity contribution in [1.82, 2.24) is 61.5 Å². The maximum absolute atomic E-state index is 14.2. The first-order valence-corrected chi connectivity index (χ1v) is 29.1. The molecule has 1 aromatic carbocycles. The number of hydrogen-bond donors (Lipinski definition) is 8. The van der Waals surface area contributed by atoms with Crippen LogP contribution in [0.15, 0.2) is 64.0 Å². The first kappa shape index (κ1) is 56.1. The molecule has 8 N–H and O–H groups in total. The maximum Gasteiger partial charge on any atom is 0.312 e. The lowest BCUT2D eigenvalue weighted by atomic mass is 10.0. The zero-order valence-corrected chi connectivity index (χ0v) is 47.2. The lowest BCUT2D eigenvalue weighted by Gasteiger charge is -2.23. The van der Waals surface area contributed by atoms with Crippen LogP contribution in [0.5, 0.6) is 0 Å². The fourth-order valence-electron chi connectivity index (χ4n) is 7.97. The fraction of sp³-hybridized carbons (Fsp3) is 0.280. The number of thiazole rings is 6. The van der Waals surface area contributed by atoms with Gasteiger partial charge in [-0.3, -0.25) is 33.6 Å². The SMILES string of the molecule is CNC(=O)C[C@@H]1NC(=O)c2csc(n2)-c2ccc(-c3nc(NC(=O)CC(=O)O)cs3)nc2-c2csc(n2)-c2csc(n2)[C@H]([C@@H](O)c2ccccc2)NC(=O)CNC(=O)c2nc(sc2COC)[C@H](C(C)C)NC(=O)c2nc1sc2C. The summed E-state index contributed by atoms with van der Waals surface area (Å²) in [6.45, 7) is 4.92. The Labute approximate surface area is 473 Å². The number of pyridine rings is 1. The Morgan fingerprint density at radius 1 is 0.696 bits per heavy atom. The summed E-state index contributed by atoms with van der Waals surface area (Å²) in [6, 6.07) is 9.31. The smallest absolute Gasteiger partial charge is 0.312 e. The van der Waals surface area contributed by atoms with Gasteiger partial charge in [0.15, 0.2) is 0 Å². The van der Waals surface area contributed by atoms with Gasteiger partial charge in [-0.2, -0.15) is 0 Å². The zero-order valence-electron chi connectivity index (χ0n) is 42.3. The van der Waals surface area contributed by atoms with E-state index in [2.05, 4.69) is 46.9 Å². The molecule has 8 heterocycles. The monoisotopic (exact) mass is 1180 g/mol. The number of benzene rings is 1. The molecule has 0 radical (unpaired) electrons. The Bertz CT molecular complexity index is 3610. The van der Waals surface area contributed by atoms with E-state index in [0.717, 1.165) is 45.3 Å². The highest BCUT2D eigenvalue weighted by Gasteiger charge is 2.33. The van der Waals surface area contributed by atoms with Gasteiger partial charge in [-0.1, -0.05) is 44.2 Å². The molecule has 7 aromatic heterocycles. The first-order valence-electron chi connectivity index (χ1n) is 23.9. The van der Waals surface area contributed by atoms with Gasteiger partial charge in [0.2, 0.25) is 17.7 Å². The quantitative estimate of drug-likeness (QED) is 0.0623. The average Bonchev–Trinajstić information content (AvgIpc) is 4.33. The Kier molecular flexibility index (Phi) is 17.4. The van der Waals surface area contributed by atoms with Gasteiger partial charge in [0.05, 0.1) is 42.2 Å². The third-order valence-electron chi connectivity index (χ3n) is 11.8. The van der Waals surface area contributed by atoms with E-state index < -0.39 is 78.6 Å². The van der Waals surface area contributed by atoms with Crippen LogP contribution in [0.4, 0.5) is 5.82 Å². The van der Waals surface area contributed by atoms with Crippen LogP contribution in [0, 0.1) is 12.8 Å². The van der Waals surface area contributed by atoms with Gasteiger partial charge in [-0.25, -0.2) is 34.9 Å². The van der Waals surface area contributed by atoms with Crippen molar-refractivity contribution in [3.63, 3.8) is 0 Å². The number of nitrogens with one attached hydrogen (secondary N) is 6. The number of hydrogen-bond acceptors (Lipinski definition) is 22. The molecule has 0 aliphatic carbocycles. The van der Waals surface area contributed by atoms with Crippen LogP contribution in [0.25, 0.3) is 43.4 Å². The lowest BCUT2D eigenvalue weighted by molar-refractivity contribution is -0.139. The van der Waals surface area contributed by atoms with E-state index in [0.29, 0.717) is 68.7 Å². The first-order chi connectivity index (χ1) is 38.0. The Hall–Kier alpha value is -7.64. The lowest BCUT2D eigenvalue weighted by Crippen LogP contribution is -2.40. The molecule has 10 bridgehead atoms. The van der Waals surface area contributed by atoms with Crippen molar-refractivity contribution in [2.45, 2.75) is 64.4 Å². The van der Waals surface area contributed by atoms with Crippen LogP contribution in [-0.4, -0.2) is 107 Å². The molecule has 1 aliphatic rings. The number of ether oxygens (including phenoxy) is 1. The molecule has 0 saturated heterocycles. The molecule has 6 amide bonds. The number of carbonyl (C=O) groups is 7. The third-order valence-corrected chi connectivity index (χ3v) is 17.6. The van der Waals surface area contributed by atoms with E-state index in [1.807, 2.05) is 13.8 Å². The van der Waals surface area contributed by atoms with Crippen molar-refractivity contribution in [2.75, 3.05) is 26.0 Å². The van der Waals surface area contributed by atoms with Crippen LogP contribution in [0.1, 0.15) is 113 Å². The van der Waals surface area contributed by atoms with Gasteiger partial charge in [-0.15, -0.1) is 68.0 Å². The summed E-state index contributed by atoms with van der Waals surface area (Å²) in [5, 5.41) is 46.2. The Balaban J connectivity index is 1.13. The zero-order chi connectivity index (χ0) is 56.1. The molecule has 8 aromatic rings. The Morgan fingerprint density at radius 2 is 1.41 bits per heavy atom. The van der Waals surface area contributed by atoms with Gasteiger partial charge in [0, 0.05) is 46.1 Å². The molecule has 0 fully saturated rings. The van der Waals surface area contributed by atoms with Crippen LogP contribution in [-0.2, 0) is 30.5 Å². The molecule has 23 nitrogen and oxygen atoms in total. The van der Waals surface area contributed by atoms with E-state index in [9.17, 15) is 38.7 Å². The van der Waals surface area contributed by atoms with Gasteiger partial charge in [0.1, 0.15) is 88.6 Å². The molecule has 1 aliphatic heterocycles. The van der Waals surface area contributed by atoms with Crippen molar-refractivity contribution >= 4 is 115 Å². The summed E-state index contributed by atoms with van der Waals surface area (Å²) < 4.78 is 5.43. The van der Waals surface area contributed by atoms with Gasteiger partial charge in [0.25, 0.3) is 17.7 Å². The van der Waals surface area contributed by atoms with Crippen molar-refractivity contribution in [3.05, 3.63) is 111 Å². The highest BCUT2D eigenvalue weighted by atomic mass is 32.1. The average molecular weight is 1180 g/mol. The van der Waals surface area contributed by atoms with Crippen molar-refractivity contribution in [1.29, 1.82) is 0 Å². The number of rotatable bonds is 11. The Morgan fingerprint density at radius 3 is 2.15 bits per heavy atom. The third kappa shape index (κ3) is 12.9. The summed E-state index contributed by atoms with van der Waals surface area (Å²) >= 11 is 7.01. The molecular formula is C50H47N13O10S6. The summed E-state index contributed by atoms with van der Waals surface area (Å²) in [5.74, 6) is -5.12. The minimum absolute atomic E-state index is 0.00283. The van der Waals surface area contributed by atoms with Crippen LogP contribution in [0.3, 0.4) is 0 Å². The number of aliphatic carboxylic acids is 1. The second-order valence-corrected chi connectivity index (χ2v) is 23.6. The van der Waals surface area contributed by atoms with Gasteiger partial charge >= 0.3 is 5.97 Å². The fourth-order valence-corrected chi connectivity index (χ4v) is 13.5. The van der Waals surface area contributed by atoms with E-state index >= 15 is 0 Å². The van der Waals surface area contributed by atoms with Crippen molar-refractivity contribution in [2.24, 2.45) is 5.92 Å². The largest absolute Gasteiger partial charge is 0.481 e. The summed E-state index contributed by atoms with van der Waals surface area (Å²) in [6.07, 6.45) is -2.27. The number of aliphatic hydroxyl groups is 1. The maximum atomic E-state index is 14.2. The van der Waals surface area contributed by atoms with E-state index in [-0.39, 0.29) is 46.9 Å². The van der Waals surface area contributed by atoms with Crippen molar-refractivity contribution in [3.8, 4) is 43.4 Å². The number of carbonyl (C=O) groups excluding carboxylic acids is 6. The highest BCUT2D eigenvalue weighted by Crippen LogP contribution is 2.40. The number of nitrogens with zero attached hydrogens (tertiary/aromatic N) is 7. The molecule has 9 rings (SSSR count). The van der Waals surface area contributed by atoms with E-state index in [1.165, 1.54) is 36.8 Å². The number of carboxylic acid groups (broad SMARTS) is 1. The number of carboxylic acids is 1. The molecule has 79 heavy (non-hydrogen) atoms. The normalized spacial score (nSPS) is 16.5. The summed E-state index contributed by atoms with van der Waals surface area (Å²) in [7, 11) is 2.92. The molecule has 0 saturated carbocycles. The molecule has 0 spiro atoms. The highest BCUT2D eigenvalue weighted by molar-refractivity contribution is 7.15. The van der Waals surface area contributed by atoms with Crippen molar-refractivity contribution < 1.29 is 48.5 Å². The predicted molar refractivity (Wildman–Crippen MR) is 298 cm³/mol. The number of aliphatic hydroxyl groups excluding tert-OH is 1. The summed E-state index contributed by atoms with van der Waals surface area (Å²) in [5.41, 5.74) is 2.48. The second kappa shape index (κ2) is 24.6. The molecule has 29 heteroatoms. The van der Waals surface area contributed by atoms with Crippen LogP contribution in [0.2, 0.25) is 0 Å². The number of aromatic nitrogens is 7. The van der Waals surface area contributed by atoms with Gasteiger partial charge in [-0.05, 0) is 30.5 Å². The number of amides is 6. The van der Waals surface area contributed by atoms with Crippen LogP contribution >= 0.6 is 68.0 Å². The number of anilines is 1. The second-order valence-electron chi connectivity index (χ2n) is 17.8. The number of fused-ring (bicyclic) bond motifs is 14. The number of aryl methyl sites for hydroxylation is 1. The van der Waals surface area contributed by atoms with Gasteiger partial charge < -0.3 is 46.9 Å². The van der Waals surface area contributed by atoms with E-state index in [1.54, 1.807) is 70.9 Å². The topological polar surface area (TPSA) is 332 Å². The predicted octanol–water partition coefficient (Wildman–Crippen LogP) is 6.73. The number of methoxy groups -OCH3 is 1. The standard InChI is InChI=1S/C50H47N13O10S6/c1-21(2)36-50-63-39(30(79-50)16-73-5)43(71)52-15-34(66)60-40(41(69)23-9-7-6-8-10-23)49-57-29(19-76-49)47-55-27(17-75-47)38-24(11-12-25(53-38)46-59-31(20-77-46)58-33(65)14-35(67)68)45-56-28(18-74-45)42(70)54-26(13-32(64)51-4)48-62-37(22(3)78-48)44(72)61-36/h6-12,17-21,26,36,40-41,69H,13-16H2,1-5H3,(H,51,64)(H,52,71)(H,54,70)(H,58,65)(H,60,66)(H,61,72)(H,67,68)/t26-,36-,40-,41-/m0/s1. The molecule has 0 unspecified atom stereocenters. The molecule has 4 atom stereocenters. The molecule has 408 valence electrons. The van der Waals surface area contributed by atoms with E-state index in [4.69, 9.17) is 29.8 Å². The summed E-state index contributed by atoms with van der Waals surface area (Å²) in [4.78, 5) is 127. The van der Waals surface area contributed by atoms with Crippen LogP contribution < -0.4 is 31.9 Å². The molecular weight excluding hydrogens is 1140 g/mol. The minimum Gasteiger partial charge on any atom is -0.481 e. The minimum atomic E-state index is -1.30.